The summed E-state index contributed by atoms with van der Waals surface area (Å²) in [5.74, 6) is 0.881. The molecule has 2 N–H and O–H groups in total. The van der Waals surface area contributed by atoms with Crippen LogP contribution in [0.4, 0.5) is 0 Å². The molecule has 0 atom stereocenters. The first kappa shape index (κ1) is 15.3. The topological polar surface area (TPSA) is 33.3 Å². The highest BCUT2D eigenvalue weighted by atomic mass is 32.1. The summed E-state index contributed by atoms with van der Waals surface area (Å²) in [6.45, 7) is 1.56. The Morgan fingerprint density at radius 2 is 1.67 bits per heavy atom. The van der Waals surface area contributed by atoms with Crippen molar-refractivity contribution in [3.63, 3.8) is 0 Å². The van der Waals surface area contributed by atoms with E-state index in [-0.39, 0.29) is 0 Å². The van der Waals surface area contributed by atoms with Crippen molar-refractivity contribution in [2.45, 2.75) is 13.0 Å². The highest BCUT2D eigenvalue weighted by molar-refractivity contribution is 7.80. The van der Waals surface area contributed by atoms with Gasteiger partial charge >= 0.3 is 0 Å². The third-order valence-corrected chi connectivity index (χ3v) is 3.44. The quantitative estimate of drug-likeness (QED) is 0.804. The lowest BCUT2D eigenvalue weighted by atomic mass is 10.1. The van der Waals surface area contributed by atoms with Crippen LogP contribution < -0.4 is 15.4 Å². The lowest BCUT2D eigenvalue weighted by molar-refractivity contribution is 0.414. The summed E-state index contributed by atoms with van der Waals surface area (Å²) in [6.07, 6.45) is 0.928. The van der Waals surface area contributed by atoms with Crippen molar-refractivity contribution >= 4 is 17.3 Å². The van der Waals surface area contributed by atoms with E-state index in [0.29, 0.717) is 5.11 Å². The van der Waals surface area contributed by atoms with Gasteiger partial charge in [-0.2, -0.15) is 0 Å². The van der Waals surface area contributed by atoms with E-state index in [2.05, 4.69) is 34.9 Å². The maximum atomic E-state index is 5.27. The minimum absolute atomic E-state index is 0.687. The van der Waals surface area contributed by atoms with Crippen molar-refractivity contribution in [3.05, 3.63) is 65.7 Å². The van der Waals surface area contributed by atoms with Gasteiger partial charge in [0, 0.05) is 13.1 Å². The average molecular weight is 300 g/mol. The highest BCUT2D eigenvalue weighted by Gasteiger charge is 1.98. The van der Waals surface area contributed by atoms with Gasteiger partial charge in [0.1, 0.15) is 5.75 Å². The van der Waals surface area contributed by atoms with Crippen molar-refractivity contribution in [2.24, 2.45) is 0 Å². The third-order valence-electron chi connectivity index (χ3n) is 3.15. The molecule has 0 aromatic heterocycles. The van der Waals surface area contributed by atoms with E-state index in [4.69, 9.17) is 17.0 Å². The van der Waals surface area contributed by atoms with Crippen molar-refractivity contribution < 1.29 is 4.74 Å². The molecule has 2 rings (SSSR count). The summed E-state index contributed by atoms with van der Waals surface area (Å²) in [4.78, 5) is 0. The van der Waals surface area contributed by atoms with E-state index in [9.17, 15) is 0 Å². The van der Waals surface area contributed by atoms with Gasteiger partial charge < -0.3 is 15.4 Å². The zero-order valence-corrected chi connectivity index (χ0v) is 13.0. The molecule has 0 fully saturated rings. The second-order valence-electron chi connectivity index (χ2n) is 4.69. The Labute approximate surface area is 131 Å². The SMILES string of the molecule is COc1ccc(CCNC(=S)NCc2ccccc2)cc1. The molecule has 0 bridgehead atoms. The fraction of sp³-hybridized carbons (Fsp3) is 0.235. The van der Waals surface area contributed by atoms with Crippen LogP contribution in [0.2, 0.25) is 0 Å². The van der Waals surface area contributed by atoms with E-state index in [1.54, 1.807) is 7.11 Å². The number of rotatable bonds is 6. The van der Waals surface area contributed by atoms with Gasteiger partial charge in [0.05, 0.1) is 7.11 Å². The molecule has 0 saturated carbocycles. The highest BCUT2D eigenvalue weighted by Crippen LogP contribution is 2.11. The molecule has 4 heteroatoms. The molecule has 0 aliphatic carbocycles. The van der Waals surface area contributed by atoms with Crippen molar-refractivity contribution in [2.75, 3.05) is 13.7 Å². The first-order valence-electron chi connectivity index (χ1n) is 6.96. The minimum Gasteiger partial charge on any atom is -0.497 e. The smallest absolute Gasteiger partial charge is 0.166 e. The minimum atomic E-state index is 0.687. The molecule has 0 unspecified atom stereocenters. The van der Waals surface area contributed by atoms with Crippen LogP contribution in [0.15, 0.2) is 54.6 Å². The molecule has 2 aromatic carbocycles. The van der Waals surface area contributed by atoms with E-state index in [1.165, 1.54) is 11.1 Å². The molecule has 0 saturated heterocycles. The largest absolute Gasteiger partial charge is 0.497 e. The fourth-order valence-corrected chi connectivity index (χ4v) is 2.13. The molecular formula is C17H20N2OS. The van der Waals surface area contributed by atoms with Gasteiger partial charge in [0.2, 0.25) is 0 Å². The van der Waals surface area contributed by atoms with Crippen LogP contribution in [0, 0.1) is 0 Å². The first-order chi connectivity index (χ1) is 10.3. The number of ether oxygens (including phenoxy) is 1. The standard InChI is InChI=1S/C17H20N2OS/c1-20-16-9-7-14(8-10-16)11-12-18-17(21)19-13-15-5-3-2-4-6-15/h2-10H,11-13H2,1H3,(H2,18,19,21). The van der Waals surface area contributed by atoms with Crippen LogP contribution >= 0.6 is 12.2 Å². The number of thiocarbonyl (C=S) groups is 1. The molecule has 0 amide bonds. The maximum absolute atomic E-state index is 5.27. The number of nitrogens with one attached hydrogen (secondary N) is 2. The van der Waals surface area contributed by atoms with Crippen LogP contribution in [-0.4, -0.2) is 18.8 Å². The number of hydrogen-bond acceptors (Lipinski definition) is 2. The number of methoxy groups -OCH3 is 1. The van der Waals surface area contributed by atoms with Crippen molar-refractivity contribution in [1.82, 2.24) is 10.6 Å². The second-order valence-corrected chi connectivity index (χ2v) is 5.10. The van der Waals surface area contributed by atoms with E-state index in [0.717, 1.165) is 25.3 Å². The van der Waals surface area contributed by atoms with Gasteiger partial charge in [-0.1, -0.05) is 42.5 Å². The Balaban J connectivity index is 1.66. The Morgan fingerprint density at radius 1 is 0.952 bits per heavy atom. The molecule has 0 spiro atoms. The molecule has 0 radical (unpaired) electrons. The van der Waals surface area contributed by atoms with Crippen molar-refractivity contribution in [1.29, 1.82) is 0 Å². The molecule has 3 nitrogen and oxygen atoms in total. The molecule has 2 aromatic rings. The molecule has 0 heterocycles. The lowest BCUT2D eigenvalue weighted by Crippen LogP contribution is -2.35. The van der Waals surface area contributed by atoms with Crippen LogP contribution in [-0.2, 0) is 13.0 Å². The summed E-state index contributed by atoms with van der Waals surface area (Å²) < 4.78 is 5.14. The molecule has 0 aliphatic heterocycles. The fourth-order valence-electron chi connectivity index (χ4n) is 1.95. The second kappa shape index (κ2) is 8.27. The van der Waals surface area contributed by atoms with Gasteiger partial charge in [-0.05, 0) is 41.9 Å². The molecule has 110 valence electrons. The molecule has 21 heavy (non-hydrogen) atoms. The number of hydrogen-bond donors (Lipinski definition) is 2. The van der Waals surface area contributed by atoms with Crippen LogP contribution in [0.3, 0.4) is 0 Å². The van der Waals surface area contributed by atoms with E-state index >= 15 is 0 Å². The van der Waals surface area contributed by atoms with Crippen LogP contribution in [0.5, 0.6) is 5.75 Å². The molecular weight excluding hydrogens is 280 g/mol. The summed E-state index contributed by atoms with van der Waals surface area (Å²) in [6, 6.07) is 18.3. The predicted molar refractivity (Wildman–Crippen MR) is 90.6 cm³/mol. The number of benzene rings is 2. The third kappa shape index (κ3) is 5.44. The lowest BCUT2D eigenvalue weighted by Gasteiger charge is -2.10. The normalized spacial score (nSPS) is 9.95. The first-order valence-corrected chi connectivity index (χ1v) is 7.37. The monoisotopic (exact) mass is 300 g/mol. The van der Waals surface area contributed by atoms with Gasteiger partial charge in [0.15, 0.2) is 5.11 Å². The van der Waals surface area contributed by atoms with Crippen molar-refractivity contribution in [3.8, 4) is 5.75 Å². The Bertz CT molecular complexity index is 555. The zero-order valence-electron chi connectivity index (χ0n) is 12.1. The Morgan fingerprint density at radius 3 is 2.33 bits per heavy atom. The average Bonchev–Trinajstić information content (AvgIpc) is 2.54. The zero-order chi connectivity index (χ0) is 14.9. The maximum Gasteiger partial charge on any atom is 0.166 e. The predicted octanol–water partition coefficient (Wildman–Crippen LogP) is 2.90. The van der Waals surface area contributed by atoms with Gasteiger partial charge in [-0.15, -0.1) is 0 Å². The van der Waals surface area contributed by atoms with Crippen LogP contribution in [0.1, 0.15) is 11.1 Å². The Kier molecular flexibility index (Phi) is 6.03. The summed E-state index contributed by atoms with van der Waals surface area (Å²) in [5, 5.41) is 7.11. The van der Waals surface area contributed by atoms with Gasteiger partial charge in [-0.25, -0.2) is 0 Å². The summed E-state index contributed by atoms with van der Waals surface area (Å²) >= 11 is 5.27. The summed E-state index contributed by atoms with van der Waals surface area (Å²) in [7, 11) is 1.67. The van der Waals surface area contributed by atoms with E-state index < -0.39 is 0 Å². The van der Waals surface area contributed by atoms with Crippen LogP contribution in [0.25, 0.3) is 0 Å². The van der Waals surface area contributed by atoms with Gasteiger partial charge in [-0.3, -0.25) is 0 Å². The Hall–Kier alpha value is -2.07. The van der Waals surface area contributed by atoms with E-state index in [1.807, 2.05) is 30.3 Å². The molecule has 0 aliphatic rings. The summed E-state index contributed by atoms with van der Waals surface area (Å²) in [5.41, 5.74) is 2.48. The van der Waals surface area contributed by atoms with Gasteiger partial charge in [0.25, 0.3) is 0 Å².